The lowest BCUT2D eigenvalue weighted by atomic mass is 10.0. The lowest BCUT2D eigenvalue weighted by Crippen LogP contribution is -2.02. The fourth-order valence-corrected chi connectivity index (χ4v) is 2.76. The molecule has 3 aromatic carbocycles. The van der Waals surface area contributed by atoms with Crippen LogP contribution in [0.5, 0.6) is 0 Å². The number of ether oxygens (including phenoxy) is 1. The van der Waals surface area contributed by atoms with Crippen molar-refractivity contribution in [3.8, 4) is 0 Å². The van der Waals surface area contributed by atoms with Crippen LogP contribution in [0.1, 0.15) is 23.6 Å². The van der Waals surface area contributed by atoms with E-state index in [-0.39, 0.29) is 0 Å². The Labute approximate surface area is 156 Å². The van der Waals surface area contributed by atoms with Crippen LogP contribution < -0.4 is 0 Å². The fraction of sp³-hybridized carbons (Fsp3) is 0.120. The molecule has 0 aliphatic carbocycles. The van der Waals surface area contributed by atoms with Crippen molar-refractivity contribution in [2.75, 3.05) is 0 Å². The van der Waals surface area contributed by atoms with Crippen molar-refractivity contribution < 1.29 is 4.74 Å². The highest BCUT2D eigenvalue weighted by molar-refractivity contribution is 5.72. The van der Waals surface area contributed by atoms with Gasteiger partial charge in [0.1, 0.15) is 11.5 Å². The van der Waals surface area contributed by atoms with Crippen molar-refractivity contribution in [1.29, 1.82) is 0 Å². The van der Waals surface area contributed by atoms with E-state index in [4.69, 9.17) is 4.74 Å². The molecule has 3 aromatic rings. The van der Waals surface area contributed by atoms with Crippen molar-refractivity contribution in [2.24, 2.45) is 5.92 Å². The van der Waals surface area contributed by atoms with Gasteiger partial charge in [0.15, 0.2) is 0 Å². The predicted molar refractivity (Wildman–Crippen MR) is 110 cm³/mol. The lowest BCUT2D eigenvalue weighted by molar-refractivity contribution is 0.454. The van der Waals surface area contributed by atoms with Crippen molar-refractivity contribution in [3.05, 3.63) is 120 Å². The van der Waals surface area contributed by atoms with Crippen LogP contribution in [0.3, 0.4) is 0 Å². The smallest absolute Gasteiger partial charge is 0.131 e. The van der Waals surface area contributed by atoms with E-state index in [0.717, 1.165) is 22.6 Å². The first-order chi connectivity index (χ1) is 12.7. The zero-order valence-corrected chi connectivity index (χ0v) is 15.3. The maximum absolute atomic E-state index is 6.05. The van der Waals surface area contributed by atoms with Gasteiger partial charge in [-0.2, -0.15) is 0 Å². The second-order valence-corrected chi connectivity index (χ2v) is 6.41. The molecular formula is C25H24O. The van der Waals surface area contributed by atoms with Gasteiger partial charge in [-0.05, 0) is 25.0 Å². The summed E-state index contributed by atoms with van der Waals surface area (Å²) in [5.74, 6) is 2.25. The predicted octanol–water partition coefficient (Wildman–Crippen LogP) is 6.73. The van der Waals surface area contributed by atoms with Crippen LogP contribution >= 0.6 is 0 Å². The molecule has 0 amide bonds. The molecule has 0 saturated carbocycles. The van der Waals surface area contributed by atoms with Gasteiger partial charge in [0.2, 0.25) is 0 Å². The molecule has 1 nitrogen and oxygen atoms in total. The Morgan fingerprint density at radius 2 is 0.962 bits per heavy atom. The quantitative estimate of drug-likeness (QED) is 0.502. The minimum Gasteiger partial charge on any atom is -0.457 e. The van der Waals surface area contributed by atoms with Gasteiger partial charge in [-0.3, -0.25) is 0 Å². The van der Waals surface area contributed by atoms with Gasteiger partial charge in [-0.25, -0.2) is 0 Å². The summed E-state index contributed by atoms with van der Waals surface area (Å²) < 4.78 is 6.05. The highest BCUT2D eigenvalue weighted by Gasteiger charge is 2.15. The molecule has 0 bridgehead atoms. The molecule has 0 aromatic heterocycles. The first-order valence-corrected chi connectivity index (χ1v) is 8.96. The Balaban J connectivity index is 0.000000236. The van der Waals surface area contributed by atoms with Gasteiger partial charge >= 0.3 is 0 Å². The Bertz CT molecular complexity index is 806. The third-order valence-corrected chi connectivity index (χ3v) is 4.11. The first kappa shape index (κ1) is 17.8. The van der Waals surface area contributed by atoms with Crippen LogP contribution in [0.2, 0.25) is 0 Å². The Kier molecular flexibility index (Phi) is 6.05. The summed E-state index contributed by atoms with van der Waals surface area (Å²) in [4.78, 5) is 0. The van der Waals surface area contributed by atoms with E-state index in [1.807, 2.05) is 54.6 Å². The molecule has 0 radical (unpaired) electrons. The second kappa shape index (κ2) is 8.87. The van der Waals surface area contributed by atoms with E-state index < -0.39 is 0 Å². The van der Waals surface area contributed by atoms with Crippen LogP contribution in [0.15, 0.2) is 103 Å². The third kappa shape index (κ3) is 4.97. The summed E-state index contributed by atoms with van der Waals surface area (Å²) >= 11 is 0. The Hall–Kier alpha value is -3.06. The monoisotopic (exact) mass is 340 g/mol. The van der Waals surface area contributed by atoms with Crippen molar-refractivity contribution in [1.82, 2.24) is 0 Å². The molecule has 0 saturated heterocycles. The van der Waals surface area contributed by atoms with Crippen LogP contribution in [0.25, 0.3) is 11.5 Å². The van der Waals surface area contributed by atoms with Crippen LogP contribution in [-0.4, -0.2) is 0 Å². The summed E-state index contributed by atoms with van der Waals surface area (Å²) in [7, 11) is 0. The molecule has 1 heterocycles. The van der Waals surface area contributed by atoms with E-state index in [1.54, 1.807) is 0 Å². The lowest BCUT2D eigenvalue weighted by Gasteiger charge is -2.20. The van der Waals surface area contributed by atoms with Gasteiger partial charge in [-0.15, -0.1) is 0 Å². The average molecular weight is 340 g/mol. The molecule has 26 heavy (non-hydrogen) atoms. The first-order valence-electron chi connectivity index (χ1n) is 8.96. The molecule has 1 heteroatoms. The zero-order valence-electron chi connectivity index (χ0n) is 15.3. The number of rotatable bonds is 2. The molecular weight excluding hydrogens is 316 g/mol. The minimum absolute atomic E-state index is 0.374. The summed E-state index contributed by atoms with van der Waals surface area (Å²) in [6, 6.07) is 30.7. The topological polar surface area (TPSA) is 9.23 Å². The van der Waals surface area contributed by atoms with Gasteiger partial charge in [0, 0.05) is 11.1 Å². The third-order valence-electron chi connectivity index (χ3n) is 4.11. The van der Waals surface area contributed by atoms with Crippen LogP contribution in [-0.2, 0) is 4.74 Å². The summed E-state index contributed by atoms with van der Waals surface area (Å²) in [5.41, 5.74) is 3.56. The zero-order chi connectivity index (χ0) is 18.2. The molecule has 0 spiro atoms. The van der Waals surface area contributed by atoms with E-state index in [1.165, 1.54) is 5.56 Å². The van der Waals surface area contributed by atoms with E-state index >= 15 is 0 Å². The summed E-state index contributed by atoms with van der Waals surface area (Å²) in [5, 5.41) is 0. The number of hydrogen-bond acceptors (Lipinski definition) is 1. The number of aryl methyl sites for hydroxylation is 1. The van der Waals surface area contributed by atoms with Crippen LogP contribution in [0, 0.1) is 12.8 Å². The van der Waals surface area contributed by atoms with E-state index in [9.17, 15) is 0 Å². The molecule has 0 fully saturated rings. The number of benzene rings is 3. The van der Waals surface area contributed by atoms with Crippen molar-refractivity contribution in [3.63, 3.8) is 0 Å². The van der Waals surface area contributed by atoms with Crippen molar-refractivity contribution >= 4 is 11.5 Å². The van der Waals surface area contributed by atoms with Crippen molar-refractivity contribution in [2.45, 2.75) is 13.8 Å². The van der Waals surface area contributed by atoms with E-state index in [0.29, 0.717) is 5.92 Å². The van der Waals surface area contributed by atoms with Gasteiger partial charge < -0.3 is 4.74 Å². The maximum Gasteiger partial charge on any atom is 0.131 e. The standard InChI is InChI=1S/C18H16O.C7H8/c1-14-12-17(15-8-4-2-5-9-15)19-18(13-14)16-10-6-3-7-11-16;1-7-5-3-2-4-6-7/h2-14H,1H3;2-6H,1H3. The highest BCUT2D eigenvalue weighted by Crippen LogP contribution is 2.31. The number of hydrogen-bond donors (Lipinski definition) is 0. The molecule has 130 valence electrons. The molecule has 0 atom stereocenters. The normalized spacial score (nSPS) is 13.6. The fourth-order valence-electron chi connectivity index (χ4n) is 2.76. The summed E-state index contributed by atoms with van der Waals surface area (Å²) in [6.07, 6.45) is 4.31. The van der Waals surface area contributed by atoms with Gasteiger partial charge in [0.25, 0.3) is 0 Å². The SMILES string of the molecule is CC1C=C(c2ccccc2)OC(c2ccccc2)=C1.Cc1ccccc1. The Morgan fingerprint density at radius 1 is 0.577 bits per heavy atom. The second-order valence-electron chi connectivity index (χ2n) is 6.41. The average Bonchev–Trinajstić information content (AvgIpc) is 2.70. The largest absolute Gasteiger partial charge is 0.457 e. The minimum atomic E-state index is 0.374. The molecule has 1 aliphatic heterocycles. The highest BCUT2D eigenvalue weighted by atomic mass is 16.5. The molecule has 0 unspecified atom stereocenters. The maximum atomic E-state index is 6.05. The van der Waals surface area contributed by atoms with E-state index in [2.05, 4.69) is 62.4 Å². The molecule has 4 rings (SSSR count). The summed E-state index contributed by atoms with van der Waals surface area (Å²) in [6.45, 7) is 4.26. The molecule has 0 N–H and O–H groups in total. The van der Waals surface area contributed by atoms with Gasteiger partial charge in [0.05, 0.1) is 0 Å². The number of allylic oxidation sites excluding steroid dienone is 2. The van der Waals surface area contributed by atoms with Gasteiger partial charge in [-0.1, -0.05) is 103 Å². The van der Waals surface area contributed by atoms with Crippen LogP contribution in [0.4, 0.5) is 0 Å². The molecule has 1 aliphatic rings. The Morgan fingerprint density at radius 3 is 1.31 bits per heavy atom.